The van der Waals surface area contributed by atoms with Crippen LogP contribution < -0.4 is 40.4 Å². The average Bonchev–Trinajstić information content (AvgIpc) is 1.19. The summed E-state index contributed by atoms with van der Waals surface area (Å²) in [5.41, 5.74) is 8.18. The van der Waals surface area contributed by atoms with Gasteiger partial charge in [0.2, 0.25) is 11.8 Å². The number of hydrogen-bond donors (Lipinski definition) is 7. The first kappa shape index (κ1) is 65.1. The van der Waals surface area contributed by atoms with Crippen molar-refractivity contribution >= 4 is 137 Å². The van der Waals surface area contributed by atoms with Gasteiger partial charge in [-0.3, -0.25) is 44.5 Å². The normalized spacial score (nSPS) is 19.8. The van der Waals surface area contributed by atoms with E-state index in [1.807, 2.05) is 84.2 Å². The van der Waals surface area contributed by atoms with Crippen molar-refractivity contribution in [1.82, 2.24) is 66.5 Å². The van der Waals surface area contributed by atoms with E-state index in [9.17, 15) is 37.1 Å². The van der Waals surface area contributed by atoms with Gasteiger partial charge < -0.3 is 45.3 Å². The lowest BCUT2D eigenvalue weighted by molar-refractivity contribution is -0.138. The topological polar surface area (TPSA) is 259 Å². The van der Waals surface area contributed by atoms with Crippen molar-refractivity contribution in [1.29, 1.82) is 0 Å². The molecule has 29 heteroatoms. The Bertz CT molecular complexity index is 4290. The number of carbonyl (C=O) groups excluding carboxylic acids is 5. The standard InChI is InChI=1S/C19H20ClN5O.C16H18ClN5O2.C16H17F3N4O.C14H17ClN4O/c1-21-19(26)13-2-4-15(5-3-13)24-6-8-25(9-7-24)18-11-14(20)10-17-16(18)12-22-23-17;1-21-15(23)14(19-16(21)24)9-2-4-22(5-3-9)13-7-10(17)6-12-11(13)8-18-20-12;1-22-11-3-2-9(15(22)24)7-23(8-11)14-5-10(16(17,18)19)4-13-12(14)6-20-21-13;1-9(20)16-6-14(2)7-19(8-14)13-4-10(15)3-12-11(13)5-17-18-12/h2-5,10-12H,6-9H2,1H3,(H,21,26)(H,22,23);6-9,14H,2-5H2,1H3,(H,18,20)(H,19,24);4-6,9,11H,2-3,7-8H2,1H3,(H,20,21);3-5H,6-8H2,1-2H3,(H,16,20)(H,17,18)/t;;9-,11+;/m..1./s1. The van der Waals surface area contributed by atoms with E-state index in [4.69, 9.17) is 34.8 Å². The van der Waals surface area contributed by atoms with Crippen LogP contribution in [0.15, 0.2) is 97.6 Å². The lowest BCUT2D eigenvalue weighted by Gasteiger charge is -2.49. The first-order chi connectivity index (χ1) is 45.0. The third-order valence-corrected chi connectivity index (χ3v) is 19.5. The minimum atomic E-state index is -4.43. The average molecular weight is 1350 g/mol. The smallest absolute Gasteiger partial charge is 0.371 e. The molecule has 0 spiro atoms. The van der Waals surface area contributed by atoms with Gasteiger partial charge in [-0.05, 0) is 104 Å². The van der Waals surface area contributed by atoms with Crippen molar-refractivity contribution in [3.63, 3.8) is 0 Å². The molecule has 1 unspecified atom stereocenters. The Balaban J connectivity index is 0.000000121. The van der Waals surface area contributed by atoms with Crippen LogP contribution in [-0.4, -0.2) is 185 Å². The van der Waals surface area contributed by atoms with Gasteiger partial charge in [0.25, 0.3) is 11.8 Å². The molecule has 16 rings (SSSR count). The SMILES string of the molecule is CC(=O)NCC1(C)CN(c2cc(Cl)cc3[nH]ncc23)C1.CN1C(=O)NC(C2CCN(c3cc(Cl)cc4[nH]ncc34)CC2)C1=O.CN1C(=O)[C@@H]2CC[C@H]1CN(c1cc(C(F)(F)F)cc3[nH]ncc13)C2.CNC(=O)c1ccc(N2CCN(c3cc(Cl)cc4[nH]ncc34)CC2)cc1. The Morgan fingerprint density at radius 1 is 0.606 bits per heavy atom. The molecule has 94 heavy (non-hydrogen) atoms. The van der Waals surface area contributed by atoms with E-state index in [1.165, 1.54) is 18.0 Å². The van der Waals surface area contributed by atoms with E-state index in [1.54, 1.807) is 32.1 Å². The molecule has 7 aliphatic heterocycles. The summed E-state index contributed by atoms with van der Waals surface area (Å²) >= 11 is 18.6. The first-order valence-corrected chi connectivity index (χ1v) is 32.2. The number of imide groups is 1. The molecule has 23 nitrogen and oxygen atoms in total. The zero-order valence-electron chi connectivity index (χ0n) is 52.4. The zero-order chi connectivity index (χ0) is 66.3. The number of H-pyrrole nitrogens is 4. The Labute approximate surface area is 553 Å². The van der Waals surface area contributed by atoms with Crippen molar-refractivity contribution in [3.8, 4) is 0 Å². The van der Waals surface area contributed by atoms with Gasteiger partial charge in [0, 0.05) is 182 Å². The quantitative estimate of drug-likeness (QED) is 0.0664. The highest BCUT2D eigenvalue weighted by atomic mass is 35.5. The number of carbonyl (C=O) groups is 5. The van der Waals surface area contributed by atoms with Crippen LogP contribution >= 0.6 is 34.8 Å². The molecular formula is C65H72Cl3F3N18O5. The van der Waals surface area contributed by atoms with Gasteiger partial charge in [0.05, 0.1) is 58.3 Å². The molecule has 5 aromatic carbocycles. The maximum absolute atomic E-state index is 13.2. The summed E-state index contributed by atoms with van der Waals surface area (Å²) in [7, 11) is 4.94. The number of urea groups is 1. The van der Waals surface area contributed by atoms with Crippen LogP contribution in [-0.2, 0) is 20.6 Å². The summed E-state index contributed by atoms with van der Waals surface area (Å²) in [5.74, 6) is -0.0781. The number of likely N-dealkylation sites (N-methyl/N-ethyl adjacent to an activating group) is 2. The maximum Gasteiger partial charge on any atom is 0.416 e. The minimum Gasteiger partial charge on any atom is -0.371 e. The van der Waals surface area contributed by atoms with Gasteiger partial charge in [-0.25, -0.2) is 4.79 Å². The Kier molecular flexibility index (Phi) is 18.5. The van der Waals surface area contributed by atoms with Gasteiger partial charge in [-0.2, -0.15) is 33.6 Å². The summed E-state index contributed by atoms with van der Waals surface area (Å²) in [6.45, 7) is 12.5. The third kappa shape index (κ3) is 13.7. The fourth-order valence-corrected chi connectivity index (χ4v) is 14.3. The number of piperazine rings is 1. The number of nitrogens with one attached hydrogen (secondary N) is 7. The molecule has 11 heterocycles. The van der Waals surface area contributed by atoms with E-state index in [0.717, 1.165) is 140 Å². The summed E-state index contributed by atoms with van der Waals surface area (Å²) in [6.07, 6.45) is 5.97. The molecule has 7 saturated heterocycles. The van der Waals surface area contributed by atoms with Gasteiger partial charge in [0.1, 0.15) is 6.04 Å². The highest BCUT2D eigenvalue weighted by Crippen LogP contribution is 2.42. The van der Waals surface area contributed by atoms with Crippen LogP contribution in [0, 0.1) is 17.3 Å². The number of fused-ring (bicyclic) bond motifs is 8. The number of hydrogen-bond acceptors (Lipinski definition) is 14. The van der Waals surface area contributed by atoms with Crippen LogP contribution in [0.1, 0.15) is 55.5 Å². The van der Waals surface area contributed by atoms with Gasteiger partial charge in [-0.15, -0.1) is 0 Å². The third-order valence-electron chi connectivity index (χ3n) is 18.8. The molecule has 7 N–H and O–H groups in total. The molecule has 7 aliphatic rings. The first-order valence-electron chi connectivity index (χ1n) is 31.1. The molecule has 7 fully saturated rings. The lowest BCUT2D eigenvalue weighted by atomic mass is 9.81. The Hall–Kier alpha value is -9.01. The lowest BCUT2D eigenvalue weighted by Crippen LogP contribution is -2.59. The van der Waals surface area contributed by atoms with Crippen LogP contribution in [0.25, 0.3) is 43.6 Å². The number of amides is 6. The fourth-order valence-electron chi connectivity index (χ4n) is 13.7. The number of halogens is 6. The minimum absolute atomic E-state index is 0.0182. The highest BCUT2D eigenvalue weighted by molar-refractivity contribution is 6.32. The van der Waals surface area contributed by atoms with Gasteiger partial charge in [0.15, 0.2) is 0 Å². The molecular weight excluding hydrogens is 1280 g/mol. The monoisotopic (exact) mass is 1350 g/mol. The van der Waals surface area contributed by atoms with E-state index in [-0.39, 0.29) is 53.0 Å². The molecule has 0 aliphatic carbocycles. The molecule has 3 atom stereocenters. The number of alkyl halides is 3. The number of rotatable bonds is 9. The molecule has 6 amide bonds. The summed E-state index contributed by atoms with van der Waals surface area (Å²) in [5, 5.41) is 42.0. The van der Waals surface area contributed by atoms with E-state index < -0.39 is 17.8 Å². The van der Waals surface area contributed by atoms with Crippen molar-refractivity contribution in [2.45, 2.75) is 57.8 Å². The Morgan fingerprint density at radius 2 is 1.09 bits per heavy atom. The number of piperidine rings is 2. The number of aromatic amines is 4. The number of aromatic nitrogens is 8. The summed E-state index contributed by atoms with van der Waals surface area (Å²) < 4.78 is 39.7. The van der Waals surface area contributed by atoms with Crippen molar-refractivity contribution in [2.75, 3.05) is 118 Å². The predicted molar refractivity (Wildman–Crippen MR) is 359 cm³/mol. The molecule has 2 bridgehead atoms. The summed E-state index contributed by atoms with van der Waals surface area (Å²) in [6, 6.07) is 20.9. The van der Waals surface area contributed by atoms with Crippen LogP contribution in [0.2, 0.25) is 15.1 Å². The zero-order valence-corrected chi connectivity index (χ0v) is 54.6. The van der Waals surface area contributed by atoms with Gasteiger partial charge >= 0.3 is 12.2 Å². The van der Waals surface area contributed by atoms with Crippen molar-refractivity contribution in [3.05, 3.63) is 124 Å². The summed E-state index contributed by atoms with van der Waals surface area (Å²) in [4.78, 5) is 72.8. The molecule has 494 valence electrons. The van der Waals surface area contributed by atoms with E-state index >= 15 is 0 Å². The molecule has 0 radical (unpaired) electrons. The number of anilines is 5. The molecule has 4 aromatic heterocycles. The Morgan fingerprint density at radius 3 is 1.56 bits per heavy atom. The number of benzene rings is 5. The second kappa shape index (κ2) is 26.8. The maximum atomic E-state index is 13.2. The van der Waals surface area contributed by atoms with Crippen molar-refractivity contribution in [2.24, 2.45) is 17.3 Å². The number of nitrogens with zero attached hydrogens (tertiary/aromatic N) is 11. The van der Waals surface area contributed by atoms with Gasteiger partial charge in [-0.1, -0.05) is 41.7 Å². The molecule has 0 saturated carbocycles. The largest absolute Gasteiger partial charge is 0.416 e. The van der Waals surface area contributed by atoms with Crippen LogP contribution in [0.5, 0.6) is 0 Å². The van der Waals surface area contributed by atoms with Crippen LogP contribution in [0.4, 0.5) is 46.4 Å². The predicted octanol–water partition coefficient (Wildman–Crippen LogP) is 9.70. The van der Waals surface area contributed by atoms with E-state index in [2.05, 4.69) is 83.3 Å². The fraction of sp³-hybridized carbons (Fsp3) is 0.400. The second-order valence-corrected chi connectivity index (χ2v) is 26.5. The second-order valence-electron chi connectivity index (χ2n) is 25.2. The van der Waals surface area contributed by atoms with Crippen molar-refractivity contribution < 1.29 is 37.1 Å². The highest BCUT2D eigenvalue weighted by Gasteiger charge is 2.43. The molecule has 9 aromatic rings. The van der Waals surface area contributed by atoms with E-state index in [0.29, 0.717) is 56.9 Å². The van der Waals surface area contributed by atoms with Crippen LogP contribution in [0.3, 0.4) is 0 Å².